The molecule has 0 saturated heterocycles. The Bertz CT molecular complexity index is 944. The SMILES string of the molecule is CC(C)n1c(NCCO)nc2c(NCc3ccc(Cl)cc3)nc(NCCO)nc21. The van der Waals surface area contributed by atoms with Gasteiger partial charge in [-0.05, 0) is 31.5 Å². The van der Waals surface area contributed by atoms with Crippen LogP contribution in [0.15, 0.2) is 24.3 Å². The zero-order valence-corrected chi connectivity index (χ0v) is 17.2. The Morgan fingerprint density at radius 2 is 1.66 bits per heavy atom. The van der Waals surface area contributed by atoms with Crippen molar-refractivity contribution in [3.8, 4) is 0 Å². The van der Waals surface area contributed by atoms with Crippen molar-refractivity contribution in [3.05, 3.63) is 34.9 Å². The van der Waals surface area contributed by atoms with Gasteiger partial charge in [0.05, 0.1) is 13.2 Å². The van der Waals surface area contributed by atoms with Crippen LogP contribution in [-0.4, -0.2) is 56.0 Å². The van der Waals surface area contributed by atoms with E-state index in [1.807, 2.05) is 42.7 Å². The zero-order chi connectivity index (χ0) is 20.8. The summed E-state index contributed by atoms with van der Waals surface area (Å²) in [4.78, 5) is 13.8. The largest absolute Gasteiger partial charge is 0.395 e. The molecule has 0 aliphatic rings. The van der Waals surface area contributed by atoms with Crippen LogP contribution < -0.4 is 16.0 Å². The van der Waals surface area contributed by atoms with E-state index in [-0.39, 0.29) is 19.3 Å². The van der Waals surface area contributed by atoms with Crippen LogP contribution in [0, 0.1) is 0 Å². The maximum absolute atomic E-state index is 9.17. The number of benzene rings is 1. The first kappa shape index (κ1) is 21.1. The number of anilines is 3. The van der Waals surface area contributed by atoms with E-state index in [0.717, 1.165) is 5.56 Å². The Kier molecular flexibility index (Phi) is 7.08. The third-order valence-electron chi connectivity index (χ3n) is 4.22. The van der Waals surface area contributed by atoms with Crippen LogP contribution in [0.25, 0.3) is 11.2 Å². The fourth-order valence-electron chi connectivity index (χ4n) is 2.91. The summed E-state index contributed by atoms with van der Waals surface area (Å²) in [5.41, 5.74) is 2.34. The van der Waals surface area contributed by atoms with E-state index in [1.54, 1.807) is 0 Å². The minimum Gasteiger partial charge on any atom is -0.395 e. The highest BCUT2D eigenvalue weighted by Crippen LogP contribution is 2.28. The minimum atomic E-state index is -0.0261. The van der Waals surface area contributed by atoms with Gasteiger partial charge in [-0.25, -0.2) is 4.98 Å². The summed E-state index contributed by atoms with van der Waals surface area (Å²) in [7, 11) is 0. The lowest BCUT2D eigenvalue weighted by Gasteiger charge is -2.14. The van der Waals surface area contributed by atoms with Crippen molar-refractivity contribution in [1.29, 1.82) is 0 Å². The molecule has 0 atom stereocenters. The van der Waals surface area contributed by atoms with Gasteiger partial charge < -0.3 is 26.2 Å². The van der Waals surface area contributed by atoms with Gasteiger partial charge in [-0.2, -0.15) is 9.97 Å². The van der Waals surface area contributed by atoms with E-state index in [9.17, 15) is 5.11 Å². The van der Waals surface area contributed by atoms with E-state index < -0.39 is 0 Å². The normalized spacial score (nSPS) is 11.2. The number of halogens is 1. The van der Waals surface area contributed by atoms with Crippen LogP contribution in [0.1, 0.15) is 25.5 Å². The van der Waals surface area contributed by atoms with Crippen molar-refractivity contribution in [2.24, 2.45) is 0 Å². The average Bonchev–Trinajstić information content (AvgIpc) is 3.08. The molecule has 0 spiro atoms. The van der Waals surface area contributed by atoms with Crippen LogP contribution in [-0.2, 0) is 6.54 Å². The van der Waals surface area contributed by atoms with Crippen molar-refractivity contribution < 1.29 is 10.2 Å². The topological polar surface area (TPSA) is 120 Å². The Labute approximate surface area is 174 Å². The second-order valence-corrected chi connectivity index (χ2v) is 7.18. The van der Waals surface area contributed by atoms with Crippen LogP contribution in [0.3, 0.4) is 0 Å². The molecule has 2 aromatic heterocycles. The fourth-order valence-corrected chi connectivity index (χ4v) is 3.04. The van der Waals surface area contributed by atoms with Crippen LogP contribution in [0.4, 0.5) is 17.7 Å². The standard InChI is InChI=1S/C19H26ClN7O2/c1-12(2)27-17-15(24-19(27)22-8-10-29)16(25-18(26-17)21-7-9-28)23-11-13-3-5-14(20)6-4-13/h3-6,12,28-29H,7-11H2,1-2H3,(H,22,24)(H2,21,23,25,26). The highest BCUT2D eigenvalue weighted by molar-refractivity contribution is 6.30. The summed E-state index contributed by atoms with van der Waals surface area (Å²) in [5, 5.41) is 28.5. The number of aliphatic hydroxyl groups excluding tert-OH is 2. The molecule has 0 unspecified atom stereocenters. The molecule has 0 bridgehead atoms. The number of rotatable bonds is 10. The lowest BCUT2D eigenvalue weighted by Crippen LogP contribution is -2.14. The van der Waals surface area contributed by atoms with Crippen molar-refractivity contribution in [2.45, 2.75) is 26.4 Å². The van der Waals surface area contributed by atoms with Crippen molar-refractivity contribution in [3.63, 3.8) is 0 Å². The Morgan fingerprint density at radius 1 is 0.966 bits per heavy atom. The number of hydrogen-bond acceptors (Lipinski definition) is 8. The summed E-state index contributed by atoms with van der Waals surface area (Å²) in [5.74, 6) is 1.60. The molecule has 5 N–H and O–H groups in total. The summed E-state index contributed by atoms with van der Waals surface area (Å²) in [6, 6.07) is 7.66. The third kappa shape index (κ3) is 5.06. The quantitative estimate of drug-likeness (QED) is 0.340. The van der Waals surface area contributed by atoms with Gasteiger partial charge in [-0.1, -0.05) is 23.7 Å². The predicted molar refractivity (Wildman–Crippen MR) is 116 cm³/mol. The molecule has 0 aliphatic heterocycles. The van der Waals surface area contributed by atoms with E-state index >= 15 is 0 Å². The van der Waals surface area contributed by atoms with Gasteiger partial charge in [-0.3, -0.25) is 4.57 Å². The minimum absolute atomic E-state index is 0.00203. The van der Waals surface area contributed by atoms with Gasteiger partial charge in [0.15, 0.2) is 17.0 Å². The molecule has 3 rings (SSSR count). The Hall–Kier alpha value is -2.62. The second-order valence-electron chi connectivity index (χ2n) is 6.75. The van der Waals surface area contributed by atoms with E-state index in [2.05, 4.69) is 30.9 Å². The van der Waals surface area contributed by atoms with Crippen LogP contribution >= 0.6 is 11.6 Å². The molecule has 1 aromatic carbocycles. The highest BCUT2D eigenvalue weighted by atomic mass is 35.5. The summed E-state index contributed by atoms with van der Waals surface area (Å²) < 4.78 is 1.96. The monoisotopic (exact) mass is 419 g/mol. The zero-order valence-electron chi connectivity index (χ0n) is 16.5. The molecule has 156 valence electrons. The number of nitrogens with zero attached hydrogens (tertiary/aromatic N) is 4. The molecule has 10 heteroatoms. The van der Waals surface area contributed by atoms with Crippen molar-refractivity contribution in [1.82, 2.24) is 19.5 Å². The summed E-state index contributed by atoms with van der Waals surface area (Å²) >= 11 is 5.96. The number of hydrogen-bond donors (Lipinski definition) is 5. The molecular formula is C19H26ClN7O2. The summed E-state index contributed by atoms with van der Waals surface area (Å²) in [6.45, 7) is 5.31. The Balaban J connectivity index is 2.01. The number of aromatic nitrogens is 4. The lowest BCUT2D eigenvalue weighted by atomic mass is 10.2. The number of imidazole rings is 1. The molecule has 0 amide bonds. The van der Waals surface area contributed by atoms with Gasteiger partial charge in [0.25, 0.3) is 0 Å². The number of aliphatic hydroxyl groups is 2. The molecule has 0 fully saturated rings. The van der Waals surface area contributed by atoms with E-state index in [0.29, 0.717) is 53.5 Å². The number of fused-ring (bicyclic) bond motifs is 1. The number of nitrogens with one attached hydrogen (secondary N) is 3. The highest BCUT2D eigenvalue weighted by Gasteiger charge is 2.19. The first-order chi connectivity index (χ1) is 14.0. The fraction of sp³-hybridized carbons (Fsp3) is 0.421. The molecule has 29 heavy (non-hydrogen) atoms. The smallest absolute Gasteiger partial charge is 0.226 e. The Morgan fingerprint density at radius 3 is 2.31 bits per heavy atom. The summed E-state index contributed by atoms with van der Waals surface area (Å²) in [6.07, 6.45) is 0. The predicted octanol–water partition coefficient (Wildman–Crippen LogP) is 2.48. The molecule has 3 aromatic rings. The van der Waals surface area contributed by atoms with Crippen molar-refractivity contribution >= 4 is 40.5 Å². The van der Waals surface area contributed by atoms with Gasteiger partial charge in [0, 0.05) is 30.7 Å². The third-order valence-corrected chi connectivity index (χ3v) is 4.47. The van der Waals surface area contributed by atoms with Crippen molar-refractivity contribution in [2.75, 3.05) is 42.3 Å². The van der Waals surface area contributed by atoms with Gasteiger partial charge >= 0.3 is 0 Å². The molecule has 0 saturated carbocycles. The average molecular weight is 420 g/mol. The molecule has 0 radical (unpaired) electrons. The molecular weight excluding hydrogens is 394 g/mol. The van der Waals surface area contributed by atoms with Crippen LogP contribution in [0.2, 0.25) is 5.02 Å². The second kappa shape index (κ2) is 9.73. The van der Waals surface area contributed by atoms with Gasteiger partial charge in [-0.15, -0.1) is 0 Å². The maximum atomic E-state index is 9.17. The van der Waals surface area contributed by atoms with Gasteiger partial charge in [0.2, 0.25) is 11.9 Å². The first-order valence-electron chi connectivity index (χ1n) is 9.51. The lowest BCUT2D eigenvalue weighted by molar-refractivity contribution is 0.310. The van der Waals surface area contributed by atoms with Crippen LogP contribution in [0.5, 0.6) is 0 Å². The molecule has 0 aliphatic carbocycles. The van der Waals surface area contributed by atoms with E-state index in [4.69, 9.17) is 16.7 Å². The van der Waals surface area contributed by atoms with Gasteiger partial charge in [0.1, 0.15) is 0 Å². The molecule has 2 heterocycles. The van der Waals surface area contributed by atoms with E-state index in [1.165, 1.54) is 0 Å². The molecule has 9 nitrogen and oxygen atoms in total. The maximum Gasteiger partial charge on any atom is 0.226 e. The first-order valence-corrected chi connectivity index (χ1v) is 9.89.